The minimum absolute atomic E-state index is 0.0479. The van der Waals surface area contributed by atoms with E-state index in [1.165, 1.54) is 12.1 Å². The van der Waals surface area contributed by atoms with Gasteiger partial charge in [0.15, 0.2) is 0 Å². The average molecular weight is 437 g/mol. The van der Waals surface area contributed by atoms with Crippen molar-refractivity contribution >= 4 is 10.0 Å². The summed E-state index contributed by atoms with van der Waals surface area (Å²) in [6.45, 7) is 4.49. The van der Waals surface area contributed by atoms with Crippen molar-refractivity contribution < 1.29 is 21.6 Å². The quantitative estimate of drug-likeness (QED) is 0.603. The van der Waals surface area contributed by atoms with Crippen molar-refractivity contribution in [2.45, 2.75) is 38.9 Å². The molecule has 160 valence electrons. The van der Waals surface area contributed by atoms with Crippen LogP contribution in [0.3, 0.4) is 0 Å². The van der Waals surface area contributed by atoms with Crippen LogP contribution in [0.1, 0.15) is 33.6 Å². The summed E-state index contributed by atoms with van der Waals surface area (Å²) in [5.74, 6) is -0.525. The Morgan fingerprint density at radius 3 is 2.30 bits per heavy atom. The minimum atomic E-state index is -4.51. The first kappa shape index (κ1) is 22.0. The largest absolute Gasteiger partial charge is 0.416 e. The summed E-state index contributed by atoms with van der Waals surface area (Å²) in [5, 5.41) is 4.42. The Hall–Kier alpha value is -2.65. The molecule has 0 saturated carbocycles. The zero-order chi connectivity index (χ0) is 21.9. The van der Waals surface area contributed by atoms with Crippen LogP contribution in [0.25, 0.3) is 0 Å². The van der Waals surface area contributed by atoms with Gasteiger partial charge in [0.1, 0.15) is 0 Å². The molecular formula is C21H22F3N3O2S. The van der Waals surface area contributed by atoms with Crippen LogP contribution >= 0.6 is 0 Å². The fraction of sp³-hybridized carbons (Fsp3) is 0.286. The van der Waals surface area contributed by atoms with Crippen molar-refractivity contribution in [3.63, 3.8) is 0 Å². The number of nitrogens with zero attached hydrogens (tertiary/aromatic N) is 2. The van der Waals surface area contributed by atoms with Gasteiger partial charge in [-0.2, -0.15) is 18.3 Å². The van der Waals surface area contributed by atoms with Crippen LogP contribution in [0, 0.1) is 13.8 Å². The molecule has 1 heterocycles. The predicted molar refractivity (Wildman–Crippen MR) is 108 cm³/mol. The normalized spacial score (nSPS) is 12.3. The van der Waals surface area contributed by atoms with Gasteiger partial charge in [0, 0.05) is 12.2 Å². The van der Waals surface area contributed by atoms with E-state index in [1.807, 2.05) is 42.8 Å². The Labute approximate surface area is 173 Å². The number of hydrogen-bond acceptors (Lipinski definition) is 3. The van der Waals surface area contributed by atoms with Crippen molar-refractivity contribution in [3.05, 3.63) is 88.2 Å². The van der Waals surface area contributed by atoms with Gasteiger partial charge in [-0.25, -0.2) is 13.1 Å². The highest BCUT2D eigenvalue weighted by molar-refractivity contribution is 7.88. The molecule has 0 fully saturated rings. The third-order valence-electron chi connectivity index (χ3n) is 4.53. The molecule has 5 nitrogen and oxygen atoms in total. The van der Waals surface area contributed by atoms with Crippen molar-refractivity contribution in [1.82, 2.24) is 14.5 Å². The summed E-state index contributed by atoms with van der Waals surface area (Å²) < 4.78 is 67.5. The Morgan fingerprint density at radius 2 is 1.63 bits per heavy atom. The summed E-state index contributed by atoms with van der Waals surface area (Å²) in [4.78, 5) is 0. The molecule has 3 rings (SSSR count). The smallest absolute Gasteiger partial charge is 0.265 e. The topological polar surface area (TPSA) is 64.0 Å². The molecular weight excluding hydrogens is 415 g/mol. The molecule has 0 atom stereocenters. The van der Waals surface area contributed by atoms with Crippen LogP contribution in [0.2, 0.25) is 0 Å². The summed E-state index contributed by atoms with van der Waals surface area (Å²) >= 11 is 0. The van der Waals surface area contributed by atoms with Gasteiger partial charge in [-0.1, -0.05) is 42.5 Å². The highest BCUT2D eigenvalue weighted by atomic mass is 32.2. The molecule has 1 aromatic heterocycles. The lowest BCUT2D eigenvalue weighted by Crippen LogP contribution is -2.25. The van der Waals surface area contributed by atoms with Crippen LogP contribution in [0.15, 0.2) is 54.6 Å². The lowest BCUT2D eigenvalue weighted by Gasteiger charge is -2.11. The number of nitrogens with one attached hydrogen (secondary N) is 1. The van der Waals surface area contributed by atoms with Crippen LogP contribution in [0.4, 0.5) is 13.2 Å². The van der Waals surface area contributed by atoms with E-state index in [0.29, 0.717) is 6.54 Å². The maximum absolute atomic E-state index is 12.8. The number of halogens is 3. The van der Waals surface area contributed by atoms with Crippen molar-refractivity contribution in [2.24, 2.45) is 0 Å². The van der Waals surface area contributed by atoms with E-state index in [9.17, 15) is 21.6 Å². The first-order valence-electron chi connectivity index (χ1n) is 9.24. The van der Waals surface area contributed by atoms with Gasteiger partial charge >= 0.3 is 6.18 Å². The van der Waals surface area contributed by atoms with Gasteiger partial charge in [0.25, 0.3) is 0 Å². The van der Waals surface area contributed by atoms with Gasteiger partial charge in [-0.15, -0.1) is 0 Å². The Kier molecular flexibility index (Phi) is 6.33. The maximum atomic E-state index is 12.8. The Bertz CT molecular complexity index is 1140. The zero-order valence-corrected chi connectivity index (χ0v) is 17.4. The maximum Gasteiger partial charge on any atom is 0.416 e. The van der Waals surface area contributed by atoms with Crippen LogP contribution in [0.5, 0.6) is 0 Å². The van der Waals surface area contributed by atoms with E-state index in [2.05, 4.69) is 9.82 Å². The first-order valence-corrected chi connectivity index (χ1v) is 10.9. The average Bonchev–Trinajstić information content (AvgIpc) is 2.96. The molecule has 0 bridgehead atoms. The standard InChI is InChI=1S/C21H22F3N3O2S/c1-15-9-16(2)27(26-15)13-18-6-3-5-17(10-18)12-25-30(28,29)14-19-7-4-8-20(11-19)21(22,23)24/h3-11,25H,12-14H2,1-2H3. The summed E-state index contributed by atoms with van der Waals surface area (Å²) in [7, 11) is -3.81. The number of alkyl halides is 3. The summed E-state index contributed by atoms with van der Waals surface area (Å²) in [6, 6.07) is 13.7. The number of aryl methyl sites for hydroxylation is 2. The molecule has 0 radical (unpaired) electrons. The van der Waals surface area contributed by atoms with Gasteiger partial charge in [-0.05, 0) is 42.7 Å². The highest BCUT2D eigenvalue weighted by Gasteiger charge is 2.30. The molecule has 0 spiro atoms. The van der Waals surface area contributed by atoms with E-state index >= 15 is 0 Å². The Balaban J connectivity index is 1.65. The SMILES string of the molecule is Cc1cc(C)n(Cc2cccc(CNS(=O)(=O)Cc3cccc(C(F)(F)F)c3)c2)n1. The lowest BCUT2D eigenvalue weighted by atomic mass is 10.1. The van der Waals surface area contributed by atoms with Gasteiger partial charge in [-0.3, -0.25) is 4.68 Å². The third-order valence-corrected chi connectivity index (χ3v) is 5.83. The predicted octanol–water partition coefficient (Wildman–Crippen LogP) is 4.19. The highest BCUT2D eigenvalue weighted by Crippen LogP contribution is 2.29. The molecule has 3 aromatic rings. The summed E-state index contributed by atoms with van der Waals surface area (Å²) in [5.41, 5.74) is 2.88. The third kappa shape index (κ3) is 5.93. The van der Waals surface area contributed by atoms with Crippen LogP contribution in [-0.2, 0) is 35.0 Å². The second-order valence-corrected chi connectivity index (χ2v) is 8.99. The molecule has 0 saturated heterocycles. The molecule has 0 aliphatic rings. The second-order valence-electron chi connectivity index (χ2n) is 7.18. The fourth-order valence-corrected chi connectivity index (χ4v) is 4.25. The van der Waals surface area contributed by atoms with Crippen LogP contribution in [-0.4, -0.2) is 18.2 Å². The van der Waals surface area contributed by atoms with Crippen LogP contribution < -0.4 is 4.72 Å². The van der Waals surface area contributed by atoms with E-state index in [0.717, 1.165) is 34.6 Å². The van der Waals surface area contributed by atoms with Crippen molar-refractivity contribution in [2.75, 3.05) is 0 Å². The molecule has 0 aliphatic carbocycles. The monoisotopic (exact) mass is 437 g/mol. The number of aromatic nitrogens is 2. The molecule has 1 N–H and O–H groups in total. The molecule has 0 amide bonds. The fourth-order valence-electron chi connectivity index (χ4n) is 3.15. The molecule has 0 unspecified atom stereocenters. The van der Waals surface area contributed by atoms with Crippen molar-refractivity contribution in [1.29, 1.82) is 0 Å². The number of rotatable bonds is 7. The number of hydrogen-bond donors (Lipinski definition) is 1. The zero-order valence-electron chi connectivity index (χ0n) is 16.6. The summed E-state index contributed by atoms with van der Waals surface area (Å²) in [6.07, 6.45) is -4.51. The molecule has 2 aromatic carbocycles. The van der Waals surface area contributed by atoms with Gasteiger partial charge < -0.3 is 0 Å². The number of benzene rings is 2. The first-order chi connectivity index (χ1) is 14.0. The van der Waals surface area contributed by atoms with Crippen molar-refractivity contribution in [3.8, 4) is 0 Å². The molecule has 30 heavy (non-hydrogen) atoms. The Morgan fingerprint density at radius 1 is 0.967 bits per heavy atom. The molecule has 9 heteroatoms. The van der Waals surface area contributed by atoms with E-state index in [1.54, 1.807) is 6.07 Å². The van der Waals surface area contributed by atoms with Gasteiger partial charge in [0.05, 0.1) is 23.6 Å². The van der Waals surface area contributed by atoms with E-state index < -0.39 is 27.5 Å². The second kappa shape index (κ2) is 8.61. The minimum Gasteiger partial charge on any atom is -0.265 e. The molecule has 0 aliphatic heterocycles. The van der Waals surface area contributed by atoms with Gasteiger partial charge in [0.2, 0.25) is 10.0 Å². The number of sulfonamides is 1. The van der Waals surface area contributed by atoms with E-state index in [4.69, 9.17) is 0 Å². The van der Waals surface area contributed by atoms with E-state index in [-0.39, 0.29) is 12.1 Å². The lowest BCUT2D eigenvalue weighted by molar-refractivity contribution is -0.137.